The summed E-state index contributed by atoms with van der Waals surface area (Å²) >= 11 is 0. The zero-order chi connectivity index (χ0) is 27.8. The van der Waals surface area contributed by atoms with E-state index in [1.54, 1.807) is 20.8 Å². The van der Waals surface area contributed by atoms with Gasteiger partial charge in [0.1, 0.15) is 17.6 Å². The number of nitrogens with one attached hydrogen (secondary N) is 1. The first-order valence-electron chi connectivity index (χ1n) is 11.9. The number of carbonyl (C=O) groups is 4. The molecule has 2 N–H and O–H groups in total. The van der Waals surface area contributed by atoms with Crippen molar-refractivity contribution in [1.29, 1.82) is 0 Å². The number of ether oxygens (including phenoxy) is 1. The lowest BCUT2D eigenvalue weighted by Crippen LogP contribution is -2.58. The highest BCUT2D eigenvalue weighted by Gasteiger charge is 2.44. The molecule has 1 aliphatic rings. The van der Waals surface area contributed by atoms with Crippen molar-refractivity contribution in [2.75, 3.05) is 26.7 Å². The maximum atomic E-state index is 13.4. The summed E-state index contributed by atoms with van der Waals surface area (Å²) in [4.78, 5) is 56.5. The Balaban J connectivity index is 3.19. The Hall–Kier alpha value is -2.86. The van der Waals surface area contributed by atoms with Gasteiger partial charge in [0, 0.05) is 20.1 Å². The lowest BCUT2D eigenvalue weighted by Gasteiger charge is -2.35. The number of amides is 3. The number of likely N-dealkylation sites (tertiary alicyclic amines) is 1. The minimum Gasteiger partial charge on any atom is -0.481 e. The topological polar surface area (TPSA) is 129 Å². The average Bonchev–Trinajstić information content (AvgIpc) is 3.28. The summed E-state index contributed by atoms with van der Waals surface area (Å²) in [6, 6.07) is -2.55. The minimum atomic E-state index is -4.92. The van der Waals surface area contributed by atoms with Gasteiger partial charge >= 0.3 is 12.1 Å². The number of carboxylic acids is 1. The zero-order valence-electron chi connectivity index (χ0n) is 21.6. The van der Waals surface area contributed by atoms with Crippen molar-refractivity contribution in [3.63, 3.8) is 0 Å². The number of carboxylic acid groups (broad SMARTS) is 1. The van der Waals surface area contributed by atoms with E-state index in [0.29, 0.717) is 19.5 Å². The van der Waals surface area contributed by atoms with E-state index in [1.807, 2.05) is 0 Å². The lowest BCUT2D eigenvalue weighted by atomic mass is 9.97. The maximum Gasteiger partial charge on any atom is 0.468 e. The van der Waals surface area contributed by atoms with Crippen LogP contribution in [0, 0.1) is 5.92 Å². The fraction of sp³-hybridized carbons (Fsp3) is 0.783. The highest BCUT2D eigenvalue weighted by atomic mass is 19.4. The molecule has 0 aromatic rings. The Morgan fingerprint density at radius 1 is 1.14 bits per heavy atom. The van der Waals surface area contributed by atoms with E-state index in [9.17, 15) is 37.5 Å². The van der Waals surface area contributed by atoms with Crippen molar-refractivity contribution in [2.24, 2.45) is 10.9 Å². The first-order chi connectivity index (χ1) is 16.5. The van der Waals surface area contributed by atoms with Gasteiger partial charge in [-0.05, 0) is 39.0 Å². The van der Waals surface area contributed by atoms with Gasteiger partial charge < -0.3 is 25.0 Å². The van der Waals surface area contributed by atoms with Crippen LogP contribution in [0.2, 0.25) is 0 Å². The Morgan fingerprint density at radius 2 is 1.69 bits per heavy atom. The second-order valence-corrected chi connectivity index (χ2v) is 9.62. The van der Waals surface area contributed by atoms with E-state index in [2.05, 4.69) is 10.3 Å². The summed E-state index contributed by atoms with van der Waals surface area (Å²) in [5.41, 5.74) is -1.94. The van der Waals surface area contributed by atoms with E-state index in [1.165, 1.54) is 25.8 Å². The highest BCUT2D eigenvalue weighted by Crippen LogP contribution is 2.24. The number of aliphatic carboxylic acids is 1. The van der Waals surface area contributed by atoms with Gasteiger partial charge in [-0.2, -0.15) is 13.2 Å². The number of nitrogens with zero attached hydrogens (tertiary/aromatic N) is 3. The van der Waals surface area contributed by atoms with Gasteiger partial charge in [0.25, 0.3) is 5.90 Å². The number of hydrogen-bond acceptors (Lipinski definition) is 6. The van der Waals surface area contributed by atoms with E-state index < -0.39 is 65.7 Å². The smallest absolute Gasteiger partial charge is 0.468 e. The number of likely N-dealkylation sites (N-methyl/N-ethyl adjacent to an activating group) is 1. The number of halogens is 3. The molecule has 3 amide bonds. The van der Waals surface area contributed by atoms with Gasteiger partial charge in [-0.25, -0.2) is 4.99 Å². The van der Waals surface area contributed by atoms with Crippen LogP contribution >= 0.6 is 0 Å². The zero-order valence-corrected chi connectivity index (χ0v) is 21.6. The van der Waals surface area contributed by atoms with E-state index in [-0.39, 0.29) is 6.61 Å². The van der Waals surface area contributed by atoms with Crippen LogP contribution in [0.4, 0.5) is 13.2 Å². The second-order valence-electron chi connectivity index (χ2n) is 9.62. The molecule has 0 aliphatic carbocycles. The first kappa shape index (κ1) is 31.2. The molecule has 0 unspecified atom stereocenters. The molecule has 0 aromatic heterocycles. The standard InChI is InChI=1S/C23H37F3N4O6/c1-7-12-36-20(23(24,25)26)28-22(4,5)21(35)29(6)17(14(2)3)18(33)27-15(13-16(31)32)19(34)30-10-8-9-11-30/h14-15,17H,7-13H2,1-6H3,(H,27,33)(H,31,32)/b28-20-/t15-,17-/m0/s1. The predicted octanol–water partition coefficient (Wildman–Crippen LogP) is 2.22. The molecule has 0 bridgehead atoms. The van der Waals surface area contributed by atoms with Crippen LogP contribution in [-0.4, -0.2) is 95.0 Å². The molecule has 1 aliphatic heterocycles. The number of hydrogen-bond donors (Lipinski definition) is 2. The first-order valence-corrected chi connectivity index (χ1v) is 11.9. The van der Waals surface area contributed by atoms with Gasteiger partial charge in [-0.3, -0.25) is 19.2 Å². The lowest BCUT2D eigenvalue weighted by molar-refractivity contribution is -0.147. The fourth-order valence-corrected chi connectivity index (χ4v) is 3.95. The van der Waals surface area contributed by atoms with Gasteiger partial charge in [-0.1, -0.05) is 20.8 Å². The number of carbonyl (C=O) groups excluding carboxylic acids is 3. The molecular formula is C23H37F3N4O6. The summed E-state index contributed by atoms with van der Waals surface area (Å²) in [6.45, 7) is 7.85. The molecule has 13 heteroatoms. The third-order valence-electron chi connectivity index (χ3n) is 5.64. The van der Waals surface area contributed by atoms with Crippen molar-refractivity contribution in [2.45, 2.75) is 84.1 Å². The third kappa shape index (κ3) is 8.66. The molecule has 1 saturated heterocycles. The Kier molecular flexibility index (Phi) is 11.2. The SMILES string of the molecule is CCCO/C(=N\C(C)(C)C(=O)N(C)[C@H](C(=O)N[C@@H](CC(=O)O)C(=O)N1CCCC1)C(C)C)C(F)(F)F. The molecule has 206 valence electrons. The molecule has 10 nitrogen and oxygen atoms in total. The molecule has 0 radical (unpaired) electrons. The van der Waals surface area contributed by atoms with Crippen molar-refractivity contribution >= 4 is 29.6 Å². The predicted molar refractivity (Wildman–Crippen MR) is 125 cm³/mol. The van der Waals surface area contributed by atoms with E-state index >= 15 is 0 Å². The Bertz CT molecular complexity index is 838. The van der Waals surface area contributed by atoms with Gasteiger partial charge in [0.05, 0.1) is 13.0 Å². The van der Waals surface area contributed by atoms with Crippen LogP contribution in [0.25, 0.3) is 0 Å². The number of alkyl halides is 3. The molecule has 0 aromatic carbocycles. The van der Waals surface area contributed by atoms with Crippen molar-refractivity contribution in [1.82, 2.24) is 15.1 Å². The Morgan fingerprint density at radius 3 is 2.14 bits per heavy atom. The summed E-state index contributed by atoms with van der Waals surface area (Å²) in [7, 11) is 1.25. The number of rotatable bonds is 11. The summed E-state index contributed by atoms with van der Waals surface area (Å²) in [6.07, 6.45) is -3.73. The van der Waals surface area contributed by atoms with E-state index in [4.69, 9.17) is 4.74 Å². The van der Waals surface area contributed by atoms with Gasteiger partial charge in [0.15, 0.2) is 0 Å². The minimum absolute atomic E-state index is 0.245. The van der Waals surface area contributed by atoms with Gasteiger partial charge in [0.2, 0.25) is 17.7 Å². The van der Waals surface area contributed by atoms with Crippen molar-refractivity contribution in [3.05, 3.63) is 0 Å². The molecule has 1 fully saturated rings. The molecule has 36 heavy (non-hydrogen) atoms. The summed E-state index contributed by atoms with van der Waals surface area (Å²) < 4.78 is 44.8. The van der Waals surface area contributed by atoms with Crippen LogP contribution in [0.3, 0.4) is 0 Å². The maximum absolute atomic E-state index is 13.4. The van der Waals surface area contributed by atoms with Crippen LogP contribution < -0.4 is 5.32 Å². The van der Waals surface area contributed by atoms with E-state index in [0.717, 1.165) is 17.7 Å². The second kappa shape index (κ2) is 12.9. The molecule has 0 saturated carbocycles. The molecule has 2 atom stereocenters. The Labute approximate surface area is 209 Å². The van der Waals surface area contributed by atoms with Crippen LogP contribution in [0.5, 0.6) is 0 Å². The van der Waals surface area contributed by atoms with Crippen LogP contribution in [-0.2, 0) is 23.9 Å². The molecule has 0 spiro atoms. The largest absolute Gasteiger partial charge is 0.481 e. The normalized spacial score (nSPS) is 16.5. The van der Waals surface area contributed by atoms with Crippen molar-refractivity contribution in [3.8, 4) is 0 Å². The molecule has 1 heterocycles. The average molecular weight is 523 g/mol. The number of aliphatic imine (C=N–C) groups is 1. The van der Waals surface area contributed by atoms with Crippen LogP contribution in [0.15, 0.2) is 4.99 Å². The van der Waals surface area contributed by atoms with Crippen molar-refractivity contribution < 1.29 is 42.2 Å². The molecular weight excluding hydrogens is 485 g/mol. The highest BCUT2D eigenvalue weighted by molar-refractivity contribution is 5.96. The van der Waals surface area contributed by atoms with Crippen LogP contribution in [0.1, 0.15) is 60.3 Å². The third-order valence-corrected chi connectivity index (χ3v) is 5.64. The summed E-state index contributed by atoms with van der Waals surface area (Å²) in [5.74, 6) is -5.58. The molecule has 1 rings (SSSR count). The monoisotopic (exact) mass is 522 g/mol. The quantitative estimate of drug-likeness (QED) is 0.316. The summed E-state index contributed by atoms with van der Waals surface area (Å²) in [5, 5.41) is 11.7. The van der Waals surface area contributed by atoms with Gasteiger partial charge in [-0.15, -0.1) is 0 Å². The fourth-order valence-electron chi connectivity index (χ4n) is 3.95.